The van der Waals surface area contributed by atoms with Crippen LogP contribution in [0.5, 0.6) is 5.75 Å². The molecule has 1 atom stereocenters. The fourth-order valence-electron chi connectivity index (χ4n) is 2.13. The SMILES string of the molecule is CNC(c1cc(C)c(C)s1)c1cc(Cl)ccc1OC. The first-order chi connectivity index (χ1) is 9.06. The van der Waals surface area contributed by atoms with Gasteiger partial charge in [-0.3, -0.25) is 0 Å². The molecule has 2 nitrogen and oxygen atoms in total. The minimum atomic E-state index is 0.103. The number of hydrogen-bond acceptors (Lipinski definition) is 3. The van der Waals surface area contributed by atoms with Crippen molar-refractivity contribution < 1.29 is 4.74 Å². The number of benzene rings is 1. The molecule has 1 heterocycles. The molecule has 1 unspecified atom stereocenters. The molecule has 2 aromatic rings. The lowest BCUT2D eigenvalue weighted by atomic mass is 10.0. The molecule has 1 N–H and O–H groups in total. The molecule has 0 aliphatic rings. The van der Waals surface area contributed by atoms with E-state index in [9.17, 15) is 0 Å². The molecule has 0 radical (unpaired) electrons. The molecule has 0 bridgehead atoms. The van der Waals surface area contributed by atoms with E-state index in [1.165, 1.54) is 15.3 Å². The van der Waals surface area contributed by atoms with Gasteiger partial charge in [-0.15, -0.1) is 11.3 Å². The second kappa shape index (κ2) is 5.95. The van der Waals surface area contributed by atoms with E-state index in [-0.39, 0.29) is 6.04 Å². The van der Waals surface area contributed by atoms with Crippen molar-refractivity contribution in [1.29, 1.82) is 0 Å². The Morgan fingerprint density at radius 1 is 1.26 bits per heavy atom. The first kappa shape index (κ1) is 14.4. The second-order valence-corrected chi connectivity index (χ2v) is 6.22. The fraction of sp³-hybridized carbons (Fsp3) is 0.333. The van der Waals surface area contributed by atoms with Crippen molar-refractivity contribution in [1.82, 2.24) is 5.32 Å². The zero-order valence-electron chi connectivity index (χ0n) is 11.6. The van der Waals surface area contributed by atoms with Crippen molar-refractivity contribution in [2.45, 2.75) is 19.9 Å². The average Bonchev–Trinajstić information content (AvgIpc) is 2.70. The van der Waals surface area contributed by atoms with E-state index in [0.717, 1.165) is 16.3 Å². The third-order valence-corrected chi connectivity index (χ3v) is 4.71. The molecule has 0 spiro atoms. The third kappa shape index (κ3) is 2.94. The van der Waals surface area contributed by atoms with Crippen LogP contribution in [0.4, 0.5) is 0 Å². The van der Waals surface area contributed by atoms with Gasteiger partial charge in [0.1, 0.15) is 5.75 Å². The van der Waals surface area contributed by atoms with Crippen molar-refractivity contribution >= 4 is 22.9 Å². The molecule has 2 rings (SSSR count). The summed E-state index contributed by atoms with van der Waals surface area (Å²) >= 11 is 7.92. The summed E-state index contributed by atoms with van der Waals surface area (Å²) in [4.78, 5) is 2.62. The Hall–Kier alpha value is -1.03. The number of ether oxygens (including phenoxy) is 1. The number of rotatable bonds is 4. The summed E-state index contributed by atoms with van der Waals surface area (Å²) < 4.78 is 5.45. The Balaban J connectivity index is 2.50. The van der Waals surface area contributed by atoms with Crippen LogP contribution in [0.25, 0.3) is 0 Å². The van der Waals surface area contributed by atoms with Gasteiger partial charge in [-0.1, -0.05) is 11.6 Å². The molecule has 4 heteroatoms. The predicted molar refractivity (Wildman–Crippen MR) is 82.7 cm³/mol. The molecule has 0 amide bonds. The number of hydrogen-bond donors (Lipinski definition) is 1. The van der Waals surface area contributed by atoms with E-state index < -0.39 is 0 Å². The number of methoxy groups -OCH3 is 1. The Morgan fingerprint density at radius 2 is 2.00 bits per heavy atom. The van der Waals surface area contributed by atoms with Gasteiger partial charge < -0.3 is 10.1 Å². The second-order valence-electron chi connectivity index (χ2n) is 4.50. The van der Waals surface area contributed by atoms with Crippen molar-refractivity contribution in [2.75, 3.05) is 14.2 Å². The Labute approximate surface area is 123 Å². The van der Waals surface area contributed by atoms with Crippen molar-refractivity contribution in [3.05, 3.63) is 50.2 Å². The molecule has 0 saturated heterocycles. The minimum absolute atomic E-state index is 0.103. The number of aryl methyl sites for hydroxylation is 2. The molecule has 1 aromatic carbocycles. The molecular formula is C15H18ClNOS. The molecule has 19 heavy (non-hydrogen) atoms. The fourth-order valence-corrected chi connectivity index (χ4v) is 3.48. The van der Waals surface area contributed by atoms with Crippen LogP contribution in [0, 0.1) is 13.8 Å². The average molecular weight is 296 g/mol. The summed E-state index contributed by atoms with van der Waals surface area (Å²) in [6.45, 7) is 4.28. The summed E-state index contributed by atoms with van der Waals surface area (Å²) in [5, 5.41) is 4.07. The monoisotopic (exact) mass is 295 g/mol. The van der Waals surface area contributed by atoms with Crippen molar-refractivity contribution in [3.8, 4) is 5.75 Å². The maximum absolute atomic E-state index is 6.12. The Morgan fingerprint density at radius 3 is 2.53 bits per heavy atom. The smallest absolute Gasteiger partial charge is 0.124 e. The Bertz CT molecular complexity index is 560. The molecule has 0 fully saturated rings. The van der Waals surface area contributed by atoms with Gasteiger partial charge in [0, 0.05) is 20.3 Å². The quantitative estimate of drug-likeness (QED) is 0.906. The van der Waals surface area contributed by atoms with Crippen molar-refractivity contribution in [2.24, 2.45) is 0 Å². The highest BCUT2D eigenvalue weighted by Gasteiger charge is 2.19. The highest BCUT2D eigenvalue weighted by molar-refractivity contribution is 7.12. The van der Waals surface area contributed by atoms with Crippen LogP contribution in [0.1, 0.15) is 26.9 Å². The summed E-state index contributed by atoms with van der Waals surface area (Å²) in [7, 11) is 3.64. The number of halogens is 1. The predicted octanol–water partition coefficient (Wildman–Crippen LogP) is 4.34. The standard InChI is InChI=1S/C15H18ClNOS/c1-9-7-14(19-10(9)2)15(17-3)12-8-11(16)5-6-13(12)18-4/h5-8,15,17H,1-4H3. The van der Waals surface area contributed by atoms with E-state index >= 15 is 0 Å². The Kier molecular flexibility index (Phi) is 4.50. The van der Waals surface area contributed by atoms with E-state index in [1.54, 1.807) is 18.4 Å². The number of thiophene rings is 1. The third-order valence-electron chi connectivity index (χ3n) is 3.26. The van der Waals surface area contributed by atoms with Gasteiger partial charge in [-0.05, 0) is 50.7 Å². The molecule has 1 aromatic heterocycles. The van der Waals surface area contributed by atoms with Crippen LogP contribution in [-0.4, -0.2) is 14.2 Å². The van der Waals surface area contributed by atoms with Crippen LogP contribution in [0.15, 0.2) is 24.3 Å². The van der Waals surface area contributed by atoms with Gasteiger partial charge in [0.15, 0.2) is 0 Å². The van der Waals surface area contributed by atoms with Gasteiger partial charge >= 0.3 is 0 Å². The van der Waals surface area contributed by atoms with Crippen LogP contribution >= 0.6 is 22.9 Å². The van der Waals surface area contributed by atoms with Crippen molar-refractivity contribution in [3.63, 3.8) is 0 Å². The highest BCUT2D eigenvalue weighted by Crippen LogP contribution is 2.36. The van der Waals surface area contributed by atoms with Crippen LogP contribution in [0.2, 0.25) is 5.02 Å². The van der Waals surface area contributed by atoms with Gasteiger partial charge in [0.05, 0.1) is 13.2 Å². The molecule has 0 aliphatic heterocycles. The summed E-state index contributed by atoms with van der Waals surface area (Å²) in [5.74, 6) is 0.854. The minimum Gasteiger partial charge on any atom is -0.496 e. The van der Waals surface area contributed by atoms with Gasteiger partial charge in [0.25, 0.3) is 0 Å². The number of nitrogens with one attached hydrogen (secondary N) is 1. The normalized spacial score (nSPS) is 12.5. The lowest BCUT2D eigenvalue weighted by molar-refractivity contribution is 0.405. The molecule has 102 valence electrons. The van der Waals surface area contributed by atoms with Crippen LogP contribution < -0.4 is 10.1 Å². The first-order valence-corrected chi connectivity index (χ1v) is 7.34. The molecular weight excluding hydrogens is 278 g/mol. The molecule has 0 aliphatic carbocycles. The summed E-state index contributed by atoms with van der Waals surface area (Å²) in [6.07, 6.45) is 0. The van der Waals surface area contributed by atoms with Gasteiger partial charge in [0.2, 0.25) is 0 Å². The van der Waals surface area contributed by atoms with E-state index in [1.807, 2.05) is 25.2 Å². The summed E-state index contributed by atoms with van der Waals surface area (Å²) in [5.41, 5.74) is 2.39. The maximum Gasteiger partial charge on any atom is 0.124 e. The maximum atomic E-state index is 6.12. The van der Waals surface area contributed by atoms with Crippen LogP contribution in [-0.2, 0) is 0 Å². The summed E-state index contributed by atoms with van der Waals surface area (Å²) in [6, 6.07) is 8.05. The van der Waals surface area contributed by atoms with Gasteiger partial charge in [-0.2, -0.15) is 0 Å². The first-order valence-electron chi connectivity index (χ1n) is 6.14. The zero-order chi connectivity index (χ0) is 14.0. The van der Waals surface area contributed by atoms with E-state index in [4.69, 9.17) is 16.3 Å². The largest absolute Gasteiger partial charge is 0.496 e. The zero-order valence-corrected chi connectivity index (χ0v) is 13.2. The topological polar surface area (TPSA) is 21.3 Å². The van der Waals surface area contributed by atoms with E-state index in [2.05, 4.69) is 25.2 Å². The van der Waals surface area contributed by atoms with Crippen LogP contribution in [0.3, 0.4) is 0 Å². The van der Waals surface area contributed by atoms with Gasteiger partial charge in [-0.25, -0.2) is 0 Å². The highest BCUT2D eigenvalue weighted by atomic mass is 35.5. The lowest BCUT2D eigenvalue weighted by Gasteiger charge is -2.18. The molecule has 0 saturated carbocycles. The lowest BCUT2D eigenvalue weighted by Crippen LogP contribution is -2.17. The van der Waals surface area contributed by atoms with E-state index in [0.29, 0.717) is 0 Å².